The first-order valence-corrected chi connectivity index (χ1v) is 7.32. The van der Waals surface area contributed by atoms with E-state index in [9.17, 15) is 4.79 Å². The molecule has 3 N–H and O–H groups in total. The van der Waals surface area contributed by atoms with Crippen LogP contribution in [-0.2, 0) is 11.3 Å². The predicted molar refractivity (Wildman–Crippen MR) is 79.3 cm³/mol. The highest BCUT2D eigenvalue weighted by atomic mass is 16.6. The fourth-order valence-electron chi connectivity index (χ4n) is 2.98. The second-order valence-electron chi connectivity index (χ2n) is 5.44. The number of fused-ring (bicyclic) bond motifs is 1. The van der Waals surface area contributed by atoms with Gasteiger partial charge in [0.25, 0.3) is 0 Å². The predicted octanol–water partition coefficient (Wildman–Crippen LogP) is 0.750. The van der Waals surface area contributed by atoms with Crippen LogP contribution in [0.2, 0.25) is 0 Å². The van der Waals surface area contributed by atoms with Gasteiger partial charge in [0.05, 0.1) is 6.04 Å². The lowest BCUT2D eigenvalue weighted by atomic mass is 10.1. The molecule has 6 heteroatoms. The molecule has 1 amide bonds. The molecule has 1 aromatic rings. The van der Waals surface area contributed by atoms with E-state index in [1.165, 1.54) is 0 Å². The van der Waals surface area contributed by atoms with Crippen molar-refractivity contribution in [2.24, 2.45) is 0 Å². The molecule has 1 atom stereocenters. The summed E-state index contributed by atoms with van der Waals surface area (Å²) in [6.07, 6.45) is 1.92. The SMILES string of the molecule is CNC(=O)C1CCCN1Cc1cc2c(cc1N)OCCO2. The highest BCUT2D eigenvalue weighted by Crippen LogP contribution is 2.35. The zero-order valence-corrected chi connectivity index (χ0v) is 12.2. The number of nitrogens with two attached hydrogens (primary N) is 1. The number of nitrogens with zero attached hydrogens (tertiary/aromatic N) is 1. The molecular formula is C15H21N3O3. The van der Waals surface area contributed by atoms with Crippen LogP contribution in [0.1, 0.15) is 18.4 Å². The van der Waals surface area contributed by atoms with E-state index in [0.29, 0.717) is 31.2 Å². The Bertz CT molecular complexity index is 547. The minimum absolute atomic E-state index is 0.0670. The quantitative estimate of drug-likeness (QED) is 0.804. The van der Waals surface area contributed by atoms with E-state index < -0.39 is 0 Å². The Balaban J connectivity index is 1.79. The number of nitrogen functional groups attached to an aromatic ring is 1. The molecule has 114 valence electrons. The molecule has 1 aromatic carbocycles. The molecule has 0 bridgehead atoms. The Morgan fingerprint density at radius 3 is 2.81 bits per heavy atom. The number of likely N-dealkylation sites (N-methyl/N-ethyl adjacent to an activating group) is 1. The molecule has 0 spiro atoms. The van der Waals surface area contributed by atoms with Gasteiger partial charge >= 0.3 is 0 Å². The number of rotatable bonds is 3. The number of likely N-dealkylation sites (tertiary alicyclic amines) is 1. The van der Waals surface area contributed by atoms with Crippen molar-refractivity contribution < 1.29 is 14.3 Å². The third kappa shape index (κ3) is 2.76. The highest BCUT2D eigenvalue weighted by molar-refractivity contribution is 5.81. The Hall–Kier alpha value is -1.95. The first-order chi connectivity index (χ1) is 10.2. The Kier molecular flexibility index (Phi) is 3.88. The molecule has 0 aromatic heterocycles. The van der Waals surface area contributed by atoms with Crippen molar-refractivity contribution in [1.82, 2.24) is 10.2 Å². The highest BCUT2D eigenvalue weighted by Gasteiger charge is 2.30. The minimum Gasteiger partial charge on any atom is -0.486 e. The number of carbonyl (C=O) groups is 1. The number of benzene rings is 1. The van der Waals surface area contributed by atoms with Crippen LogP contribution < -0.4 is 20.5 Å². The van der Waals surface area contributed by atoms with Gasteiger partial charge in [-0.25, -0.2) is 0 Å². The largest absolute Gasteiger partial charge is 0.486 e. The van der Waals surface area contributed by atoms with Crippen LogP contribution in [0.25, 0.3) is 0 Å². The molecule has 1 fully saturated rings. The molecule has 0 radical (unpaired) electrons. The molecule has 2 aliphatic rings. The average molecular weight is 291 g/mol. The lowest BCUT2D eigenvalue weighted by Gasteiger charge is -2.25. The van der Waals surface area contributed by atoms with Crippen LogP contribution in [-0.4, -0.2) is 43.7 Å². The number of hydrogen-bond donors (Lipinski definition) is 2. The van der Waals surface area contributed by atoms with Crippen molar-refractivity contribution in [2.45, 2.75) is 25.4 Å². The smallest absolute Gasteiger partial charge is 0.237 e. The number of ether oxygens (including phenoxy) is 2. The maximum absolute atomic E-state index is 11.9. The van der Waals surface area contributed by atoms with Crippen molar-refractivity contribution in [2.75, 3.05) is 32.5 Å². The Labute approximate surface area is 124 Å². The standard InChI is InChI=1S/C15H21N3O3/c1-17-15(19)12-3-2-4-18(12)9-10-7-13-14(8-11(10)16)21-6-5-20-13/h7-8,12H,2-6,9,16H2,1H3,(H,17,19). The van der Waals surface area contributed by atoms with Gasteiger partial charge in [0.1, 0.15) is 13.2 Å². The number of carbonyl (C=O) groups excluding carboxylic acids is 1. The maximum atomic E-state index is 11.9. The summed E-state index contributed by atoms with van der Waals surface area (Å²) in [6, 6.07) is 3.68. The van der Waals surface area contributed by atoms with Crippen molar-refractivity contribution in [3.63, 3.8) is 0 Å². The first kappa shape index (κ1) is 14.0. The normalized spacial score (nSPS) is 21.3. The third-order valence-electron chi connectivity index (χ3n) is 4.09. The zero-order chi connectivity index (χ0) is 14.8. The van der Waals surface area contributed by atoms with Crippen molar-refractivity contribution in [3.05, 3.63) is 17.7 Å². The maximum Gasteiger partial charge on any atom is 0.237 e. The first-order valence-electron chi connectivity index (χ1n) is 7.32. The summed E-state index contributed by atoms with van der Waals surface area (Å²) >= 11 is 0. The van der Waals surface area contributed by atoms with E-state index in [4.69, 9.17) is 15.2 Å². The van der Waals surface area contributed by atoms with E-state index in [1.54, 1.807) is 7.05 Å². The molecule has 1 saturated heterocycles. The van der Waals surface area contributed by atoms with Gasteiger partial charge in [-0.1, -0.05) is 0 Å². The van der Waals surface area contributed by atoms with Gasteiger partial charge in [-0.3, -0.25) is 9.69 Å². The lowest BCUT2D eigenvalue weighted by Crippen LogP contribution is -2.41. The van der Waals surface area contributed by atoms with E-state index in [2.05, 4.69) is 10.2 Å². The molecule has 0 saturated carbocycles. The molecule has 2 heterocycles. The molecule has 6 nitrogen and oxygen atoms in total. The average Bonchev–Trinajstić information content (AvgIpc) is 2.95. The van der Waals surface area contributed by atoms with Crippen LogP contribution in [0, 0.1) is 0 Å². The number of amides is 1. The van der Waals surface area contributed by atoms with Crippen LogP contribution in [0.3, 0.4) is 0 Å². The van der Waals surface area contributed by atoms with Gasteiger partial charge < -0.3 is 20.5 Å². The molecule has 2 aliphatic heterocycles. The summed E-state index contributed by atoms with van der Waals surface area (Å²) in [5.41, 5.74) is 7.78. The second-order valence-corrected chi connectivity index (χ2v) is 5.44. The van der Waals surface area contributed by atoms with Crippen LogP contribution in [0.15, 0.2) is 12.1 Å². The van der Waals surface area contributed by atoms with Gasteiger partial charge in [-0.05, 0) is 31.0 Å². The lowest BCUT2D eigenvalue weighted by molar-refractivity contribution is -0.125. The second kappa shape index (κ2) is 5.81. The van der Waals surface area contributed by atoms with Crippen molar-refractivity contribution >= 4 is 11.6 Å². The van der Waals surface area contributed by atoms with Gasteiger partial charge in [0, 0.05) is 25.3 Å². The zero-order valence-electron chi connectivity index (χ0n) is 12.2. The van der Waals surface area contributed by atoms with Crippen LogP contribution in [0.4, 0.5) is 5.69 Å². The summed E-state index contributed by atoms with van der Waals surface area (Å²) < 4.78 is 11.1. The third-order valence-corrected chi connectivity index (χ3v) is 4.09. The van der Waals surface area contributed by atoms with Gasteiger partial charge in [0.15, 0.2) is 11.5 Å². The van der Waals surface area contributed by atoms with Gasteiger partial charge in [-0.2, -0.15) is 0 Å². The summed E-state index contributed by atoms with van der Waals surface area (Å²) in [5.74, 6) is 1.51. The Morgan fingerprint density at radius 1 is 1.38 bits per heavy atom. The summed E-state index contributed by atoms with van der Waals surface area (Å²) in [6.45, 7) is 2.67. The number of anilines is 1. The topological polar surface area (TPSA) is 76.8 Å². The monoisotopic (exact) mass is 291 g/mol. The fraction of sp³-hybridized carbons (Fsp3) is 0.533. The molecule has 3 rings (SSSR count). The molecular weight excluding hydrogens is 270 g/mol. The Morgan fingerprint density at radius 2 is 2.10 bits per heavy atom. The fourth-order valence-corrected chi connectivity index (χ4v) is 2.98. The molecule has 1 unspecified atom stereocenters. The van der Waals surface area contributed by atoms with Crippen molar-refractivity contribution in [1.29, 1.82) is 0 Å². The van der Waals surface area contributed by atoms with Crippen LogP contribution in [0.5, 0.6) is 11.5 Å². The summed E-state index contributed by atoms with van der Waals surface area (Å²) in [5, 5.41) is 2.73. The van der Waals surface area contributed by atoms with E-state index in [-0.39, 0.29) is 11.9 Å². The van der Waals surface area contributed by atoms with Gasteiger partial charge in [0.2, 0.25) is 5.91 Å². The molecule has 21 heavy (non-hydrogen) atoms. The van der Waals surface area contributed by atoms with E-state index in [1.807, 2.05) is 12.1 Å². The number of hydrogen-bond acceptors (Lipinski definition) is 5. The summed E-state index contributed by atoms with van der Waals surface area (Å²) in [7, 11) is 1.68. The van der Waals surface area contributed by atoms with E-state index in [0.717, 1.165) is 30.7 Å². The van der Waals surface area contributed by atoms with E-state index >= 15 is 0 Å². The van der Waals surface area contributed by atoms with Gasteiger partial charge in [-0.15, -0.1) is 0 Å². The molecule has 0 aliphatic carbocycles. The summed E-state index contributed by atoms with van der Waals surface area (Å²) in [4.78, 5) is 14.1. The number of nitrogens with one attached hydrogen (secondary N) is 1. The minimum atomic E-state index is -0.0670. The van der Waals surface area contributed by atoms with Crippen molar-refractivity contribution in [3.8, 4) is 11.5 Å². The van der Waals surface area contributed by atoms with Crippen LogP contribution >= 0.6 is 0 Å².